The van der Waals surface area contributed by atoms with E-state index >= 15 is 0 Å². The zero-order valence-electron chi connectivity index (χ0n) is 14.5. The van der Waals surface area contributed by atoms with E-state index < -0.39 is 10.8 Å². The molecule has 4 rings (SSSR count). The maximum Gasteiger partial charge on any atom is 0.433 e. The lowest BCUT2D eigenvalue weighted by Gasteiger charge is -2.35. The van der Waals surface area contributed by atoms with Crippen molar-refractivity contribution in [3.63, 3.8) is 0 Å². The molecule has 28 heavy (non-hydrogen) atoms. The fraction of sp³-hybridized carbons (Fsp3) is 0.312. The second-order valence-corrected chi connectivity index (χ2v) is 7.76. The van der Waals surface area contributed by atoms with Gasteiger partial charge in [-0.25, -0.2) is 0 Å². The molecule has 1 saturated heterocycles. The van der Waals surface area contributed by atoms with E-state index in [0.29, 0.717) is 26.2 Å². The van der Waals surface area contributed by atoms with Crippen LogP contribution in [0.25, 0.3) is 0 Å². The fourth-order valence-corrected chi connectivity index (χ4v) is 4.55. The van der Waals surface area contributed by atoms with Crippen LogP contribution >= 0.6 is 35.5 Å². The number of nitro groups is 1. The standard InChI is InChI=1S/C16H15N5O4S2.ClH/c22-15(12-3-4-14(25-12)21(23)24)19-5-7-20(8-6-19)16-18-17-11(10-27-16)13-2-1-9-26-13;/h1-4,9H,5-8,10H2;1H. The molecule has 2 aromatic rings. The number of piperazine rings is 1. The Morgan fingerprint density at radius 1 is 1.18 bits per heavy atom. The van der Waals surface area contributed by atoms with E-state index in [2.05, 4.69) is 15.1 Å². The molecule has 9 nitrogen and oxygen atoms in total. The van der Waals surface area contributed by atoms with Gasteiger partial charge in [0.25, 0.3) is 5.91 Å². The molecule has 2 aliphatic heterocycles. The molecular formula is C16H16ClN5O4S2. The maximum absolute atomic E-state index is 12.4. The summed E-state index contributed by atoms with van der Waals surface area (Å²) in [7, 11) is 0. The highest BCUT2D eigenvalue weighted by Crippen LogP contribution is 2.22. The smallest absolute Gasteiger partial charge is 0.395 e. The quantitative estimate of drug-likeness (QED) is 0.535. The third-order valence-corrected chi connectivity index (χ3v) is 6.15. The fourth-order valence-electron chi connectivity index (χ4n) is 2.81. The number of rotatable bonds is 3. The van der Waals surface area contributed by atoms with Crippen molar-refractivity contribution in [2.45, 2.75) is 0 Å². The van der Waals surface area contributed by atoms with Gasteiger partial charge in [0.15, 0.2) is 10.9 Å². The van der Waals surface area contributed by atoms with E-state index in [0.717, 1.165) is 21.5 Å². The Hall–Kier alpha value is -2.37. The van der Waals surface area contributed by atoms with Gasteiger partial charge in [0.1, 0.15) is 4.92 Å². The minimum absolute atomic E-state index is 0. The SMILES string of the molecule is Cl.O=C(c1ccc([N+](=O)[O-])o1)N1CCN(C2=NN=C(c3cccs3)CS2)CC1. The molecule has 0 radical (unpaired) electrons. The lowest BCUT2D eigenvalue weighted by Crippen LogP contribution is -2.50. The number of amides is 1. The van der Waals surface area contributed by atoms with Gasteiger partial charge in [0, 0.05) is 31.9 Å². The van der Waals surface area contributed by atoms with E-state index in [1.54, 1.807) is 28.0 Å². The Morgan fingerprint density at radius 3 is 2.54 bits per heavy atom. The third-order valence-electron chi connectivity index (χ3n) is 4.22. The number of amidine groups is 1. The molecule has 1 amide bonds. The van der Waals surface area contributed by atoms with Crippen molar-refractivity contribution in [1.29, 1.82) is 0 Å². The first-order valence-electron chi connectivity index (χ1n) is 8.21. The monoisotopic (exact) mass is 441 g/mol. The van der Waals surface area contributed by atoms with E-state index in [4.69, 9.17) is 4.42 Å². The van der Waals surface area contributed by atoms with Crippen LogP contribution < -0.4 is 0 Å². The lowest BCUT2D eigenvalue weighted by atomic mass is 10.3. The summed E-state index contributed by atoms with van der Waals surface area (Å²) in [5, 5.41) is 22.2. The molecule has 148 valence electrons. The number of halogens is 1. The van der Waals surface area contributed by atoms with Gasteiger partial charge in [-0.3, -0.25) is 14.9 Å². The van der Waals surface area contributed by atoms with Gasteiger partial charge in [0.2, 0.25) is 0 Å². The second-order valence-electron chi connectivity index (χ2n) is 5.87. The topological polar surface area (TPSA) is 105 Å². The zero-order valence-corrected chi connectivity index (χ0v) is 17.0. The van der Waals surface area contributed by atoms with Crippen molar-refractivity contribution in [2.75, 3.05) is 31.9 Å². The summed E-state index contributed by atoms with van der Waals surface area (Å²) in [6.07, 6.45) is 0. The largest absolute Gasteiger partial charge is 0.433 e. The van der Waals surface area contributed by atoms with Gasteiger partial charge < -0.3 is 14.2 Å². The Balaban J connectivity index is 0.00000225. The molecule has 0 unspecified atom stereocenters. The molecule has 2 aromatic heterocycles. The van der Waals surface area contributed by atoms with Crippen LogP contribution in [-0.4, -0.2) is 63.4 Å². The Bertz CT molecular complexity index is 919. The van der Waals surface area contributed by atoms with Crippen LogP contribution in [0.4, 0.5) is 5.88 Å². The summed E-state index contributed by atoms with van der Waals surface area (Å²) in [6.45, 7) is 2.25. The zero-order chi connectivity index (χ0) is 18.8. The highest BCUT2D eigenvalue weighted by molar-refractivity contribution is 8.14. The minimum Gasteiger partial charge on any atom is -0.395 e. The van der Waals surface area contributed by atoms with Crippen molar-refractivity contribution in [2.24, 2.45) is 10.2 Å². The molecular weight excluding hydrogens is 426 g/mol. The van der Waals surface area contributed by atoms with Gasteiger partial charge in [0.05, 0.1) is 16.7 Å². The van der Waals surface area contributed by atoms with E-state index in [1.165, 1.54) is 12.1 Å². The number of furan rings is 1. The van der Waals surface area contributed by atoms with Crippen LogP contribution in [0.3, 0.4) is 0 Å². The first kappa shape index (κ1) is 20.4. The van der Waals surface area contributed by atoms with Gasteiger partial charge in [-0.05, 0) is 17.5 Å². The normalized spacial score (nSPS) is 16.9. The number of nitrogens with zero attached hydrogens (tertiary/aromatic N) is 5. The number of thiophene rings is 1. The maximum atomic E-state index is 12.4. The van der Waals surface area contributed by atoms with E-state index in [1.807, 2.05) is 17.5 Å². The first-order chi connectivity index (χ1) is 13.1. The van der Waals surface area contributed by atoms with Gasteiger partial charge in [-0.15, -0.1) is 28.8 Å². The molecule has 1 fully saturated rings. The highest BCUT2D eigenvalue weighted by Gasteiger charge is 2.28. The summed E-state index contributed by atoms with van der Waals surface area (Å²) in [4.78, 5) is 27.3. The lowest BCUT2D eigenvalue weighted by molar-refractivity contribution is -0.402. The Labute approximate surface area is 174 Å². The van der Waals surface area contributed by atoms with Crippen molar-refractivity contribution >= 4 is 58.2 Å². The highest BCUT2D eigenvalue weighted by atomic mass is 35.5. The first-order valence-corrected chi connectivity index (χ1v) is 10.1. The predicted octanol–water partition coefficient (Wildman–Crippen LogP) is 2.94. The van der Waals surface area contributed by atoms with Crippen molar-refractivity contribution in [3.8, 4) is 0 Å². The molecule has 0 saturated carbocycles. The van der Waals surface area contributed by atoms with E-state index in [-0.39, 0.29) is 24.1 Å². The molecule has 4 heterocycles. The van der Waals surface area contributed by atoms with E-state index in [9.17, 15) is 14.9 Å². The number of carbonyl (C=O) groups excluding carboxylic acids is 1. The average Bonchev–Trinajstić information content (AvgIpc) is 3.40. The van der Waals surface area contributed by atoms with Crippen molar-refractivity contribution < 1.29 is 14.1 Å². The molecule has 0 aromatic carbocycles. The summed E-state index contributed by atoms with van der Waals surface area (Å²) in [5.74, 6) is 0.00206. The molecule has 0 bridgehead atoms. The van der Waals surface area contributed by atoms with Crippen LogP contribution in [0.5, 0.6) is 0 Å². The molecule has 0 spiro atoms. The van der Waals surface area contributed by atoms with Crippen molar-refractivity contribution in [3.05, 3.63) is 50.4 Å². The summed E-state index contributed by atoms with van der Waals surface area (Å²) in [6, 6.07) is 6.57. The number of thioether (sulfide) groups is 1. The third kappa shape index (κ3) is 4.21. The van der Waals surface area contributed by atoms with Crippen LogP contribution in [0, 0.1) is 10.1 Å². The van der Waals surface area contributed by atoms with Crippen LogP contribution in [0.1, 0.15) is 15.4 Å². The summed E-state index contributed by atoms with van der Waals surface area (Å²) >= 11 is 3.29. The Kier molecular flexibility index (Phi) is 6.37. The summed E-state index contributed by atoms with van der Waals surface area (Å²) in [5.41, 5.74) is 0.979. The van der Waals surface area contributed by atoms with Gasteiger partial charge in [-0.2, -0.15) is 5.10 Å². The van der Waals surface area contributed by atoms with Crippen LogP contribution in [0.15, 0.2) is 44.3 Å². The minimum atomic E-state index is -0.655. The predicted molar refractivity (Wildman–Crippen MR) is 111 cm³/mol. The molecule has 0 aliphatic carbocycles. The second kappa shape index (κ2) is 8.76. The van der Waals surface area contributed by atoms with Crippen LogP contribution in [0.2, 0.25) is 0 Å². The number of hydrogen-bond donors (Lipinski definition) is 0. The number of hydrogen-bond acceptors (Lipinski definition) is 9. The molecule has 0 N–H and O–H groups in total. The summed E-state index contributed by atoms with van der Waals surface area (Å²) < 4.78 is 5.00. The number of carbonyl (C=O) groups is 1. The Morgan fingerprint density at radius 2 is 1.96 bits per heavy atom. The molecule has 2 aliphatic rings. The average molecular weight is 442 g/mol. The van der Waals surface area contributed by atoms with Gasteiger partial charge >= 0.3 is 5.88 Å². The van der Waals surface area contributed by atoms with Crippen molar-refractivity contribution in [1.82, 2.24) is 9.80 Å². The molecule has 0 atom stereocenters. The van der Waals surface area contributed by atoms with Gasteiger partial charge in [-0.1, -0.05) is 17.8 Å². The molecule has 12 heteroatoms. The van der Waals surface area contributed by atoms with Crippen LogP contribution in [-0.2, 0) is 0 Å².